The van der Waals surface area contributed by atoms with Crippen LogP contribution in [0.15, 0.2) is 48.5 Å². The van der Waals surface area contributed by atoms with Gasteiger partial charge in [0.2, 0.25) is 0 Å². The first kappa shape index (κ1) is 19.0. The third-order valence-corrected chi connectivity index (χ3v) is 5.48. The first-order chi connectivity index (χ1) is 12.5. The summed E-state index contributed by atoms with van der Waals surface area (Å²) >= 11 is 0. The Balaban J connectivity index is 1.87. The van der Waals surface area contributed by atoms with E-state index in [4.69, 9.17) is 4.74 Å². The minimum absolute atomic E-state index is 0.325. The third kappa shape index (κ3) is 4.47. The van der Waals surface area contributed by atoms with E-state index in [1.165, 1.54) is 12.1 Å². The second kappa shape index (κ2) is 8.26. The van der Waals surface area contributed by atoms with Crippen molar-refractivity contribution >= 4 is 0 Å². The fraction of sp³-hybridized carbons (Fsp3) is 0.455. The van der Waals surface area contributed by atoms with Crippen LogP contribution in [0, 0.1) is 5.92 Å². The molecule has 2 aromatic rings. The lowest BCUT2D eigenvalue weighted by Gasteiger charge is -2.30. The highest BCUT2D eigenvalue weighted by atomic mass is 19.4. The number of hydrogen-bond acceptors (Lipinski definition) is 1. The lowest BCUT2D eigenvalue weighted by molar-refractivity contribution is -0.137. The Morgan fingerprint density at radius 2 is 1.65 bits per heavy atom. The van der Waals surface area contributed by atoms with E-state index in [1.807, 2.05) is 30.3 Å². The first-order valence-electron chi connectivity index (χ1n) is 9.24. The fourth-order valence-electron chi connectivity index (χ4n) is 4.00. The zero-order valence-electron chi connectivity index (χ0n) is 15.1. The minimum Gasteiger partial charge on any atom is -0.385 e. The second-order valence-corrected chi connectivity index (χ2v) is 7.16. The quantitative estimate of drug-likeness (QED) is 0.576. The van der Waals surface area contributed by atoms with Gasteiger partial charge in [0.1, 0.15) is 0 Å². The van der Waals surface area contributed by atoms with E-state index in [0.29, 0.717) is 11.8 Å². The van der Waals surface area contributed by atoms with Crippen molar-refractivity contribution < 1.29 is 17.9 Å². The van der Waals surface area contributed by atoms with Gasteiger partial charge >= 0.3 is 6.18 Å². The van der Waals surface area contributed by atoms with E-state index in [2.05, 4.69) is 0 Å². The third-order valence-electron chi connectivity index (χ3n) is 5.48. The van der Waals surface area contributed by atoms with Crippen molar-refractivity contribution in [3.05, 3.63) is 59.7 Å². The number of hydrogen-bond donors (Lipinski definition) is 0. The molecule has 1 saturated carbocycles. The predicted molar refractivity (Wildman–Crippen MR) is 98.1 cm³/mol. The van der Waals surface area contributed by atoms with Gasteiger partial charge in [-0.05, 0) is 72.8 Å². The van der Waals surface area contributed by atoms with E-state index in [0.717, 1.165) is 55.4 Å². The summed E-state index contributed by atoms with van der Waals surface area (Å²) in [5.41, 5.74) is 2.05. The van der Waals surface area contributed by atoms with Crippen LogP contribution in [-0.4, -0.2) is 13.7 Å². The maximum atomic E-state index is 13.2. The highest BCUT2D eigenvalue weighted by Crippen LogP contribution is 2.42. The van der Waals surface area contributed by atoms with Crippen molar-refractivity contribution in [2.75, 3.05) is 13.7 Å². The van der Waals surface area contributed by atoms with Crippen molar-refractivity contribution in [3.63, 3.8) is 0 Å². The molecule has 0 aromatic heterocycles. The Bertz CT molecular complexity index is 701. The zero-order chi connectivity index (χ0) is 18.6. The summed E-state index contributed by atoms with van der Waals surface area (Å²) in [6, 6.07) is 13.7. The Hall–Kier alpha value is -1.81. The summed E-state index contributed by atoms with van der Waals surface area (Å²) in [5.74, 6) is 0.993. The van der Waals surface area contributed by atoms with Gasteiger partial charge in [0.15, 0.2) is 0 Å². The molecular weight excluding hydrogens is 337 g/mol. The number of methoxy groups -OCH3 is 1. The van der Waals surface area contributed by atoms with Crippen LogP contribution < -0.4 is 0 Å². The minimum atomic E-state index is -4.32. The molecule has 0 unspecified atom stereocenters. The van der Waals surface area contributed by atoms with Crippen LogP contribution in [0.4, 0.5) is 13.2 Å². The zero-order valence-corrected chi connectivity index (χ0v) is 15.1. The van der Waals surface area contributed by atoms with Crippen LogP contribution in [-0.2, 0) is 10.9 Å². The highest BCUT2D eigenvalue weighted by Gasteiger charge is 2.32. The lowest BCUT2D eigenvalue weighted by atomic mass is 9.75. The molecule has 0 heterocycles. The standard InChI is InChI=1S/C22H25F3O/c1-26-14-13-16-7-9-18(10-8-16)20-12-11-19(22(23,24)25)15-21(20)17-5-3-2-4-6-17/h2-6,11-12,15-16,18H,7-10,13-14H2,1H3. The average Bonchev–Trinajstić information content (AvgIpc) is 2.66. The normalized spacial score (nSPS) is 20.9. The summed E-state index contributed by atoms with van der Waals surface area (Å²) in [6.07, 6.45) is 1.04. The molecule has 3 rings (SSSR count). The lowest BCUT2D eigenvalue weighted by Crippen LogP contribution is -2.16. The van der Waals surface area contributed by atoms with Crippen molar-refractivity contribution in [1.29, 1.82) is 0 Å². The molecule has 0 saturated heterocycles. The van der Waals surface area contributed by atoms with Gasteiger partial charge in [-0.2, -0.15) is 13.2 Å². The topological polar surface area (TPSA) is 9.23 Å². The number of rotatable bonds is 5. The predicted octanol–water partition coefficient (Wildman–Crippen LogP) is 6.68. The molecule has 0 bridgehead atoms. The van der Waals surface area contributed by atoms with Crippen LogP contribution in [0.3, 0.4) is 0 Å². The summed E-state index contributed by atoms with van der Waals surface area (Å²) in [7, 11) is 1.72. The van der Waals surface area contributed by atoms with Gasteiger partial charge in [-0.3, -0.25) is 0 Å². The van der Waals surface area contributed by atoms with Gasteiger partial charge in [0.25, 0.3) is 0 Å². The average molecular weight is 362 g/mol. The van der Waals surface area contributed by atoms with Crippen LogP contribution in [0.25, 0.3) is 11.1 Å². The molecule has 4 heteroatoms. The van der Waals surface area contributed by atoms with Gasteiger partial charge in [-0.1, -0.05) is 36.4 Å². The summed E-state index contributed by atoms with van der Waals surface area (Å²) in [5, 5.41) is 0. The van der Waals surface area contributed by atoms with Crippen LogP contribution >= 0.6 is 0 Å². The van der Waals surface area contributed by atoms with Crippen molar-refractivity contribution in [2.45, 2.75) is 44.2 Å². The number of halogens is 3. The van der Waals surface area contributed by atoms with Crippen LogP contribution in [0.5, 0.6) is 0 Å². The molecule has 0 radical (unpaired) electrons. The van der Waals surface area contributed by atoms with Crippen molar-refractivity contribution in [1.82, 2.24) is 0 Å². The van der Waals surface area contributed by atoms with Gasteiger partial charge in [0, 0.05) is 13.7 Å². The summed E-state index contributed by atoms with van der Waals surface area (Å²) in [4.78, 5) is 0. The number of ether oxygens (including phenoxy) is 1. The van der Waals surface area contributed by atoms with E-state index >= 15 is 0 Å². The largest absolute Gasteiger partial charge is 0.416 e. The van der Waals surface area contributed by atoms with Gasteiger partial charge in [-0.25, -0.2) is 0 Å². The summed E-state index contributed by atoms with van der Waals surface area (Å²) in [6.45, 7) is 0.783. The van der Waals surface area contributed by atoms with E-state index < -0.39 is 11.7 Å². The molecule has 1 aliphatic carbocycles. The molecular formula is C22H25F3O. The molecule has 0 N–H and O–H groups in total. The molecule has 0 atom stereocenters. The van der Waals surface area contributed by atoms with Crippen LogP contribution in [0.2, 0.25) is 0 Å². The molecule has 0 amide bonds. The van der Waals surface area contributed by atoms with Crippen molar-refractivity contribution in [2.24, 2.45) is 5.92 Å². The SMILES string of the molecule is COCCC1CCC(c2ccc(C(F)(F)F)cc2-c2ccccc2)CC1. The molecule has 2 aromatic carbocycles. The maximum Gasteiger partial charge on any atom is 0.416 e. The van der Waals surface area contributed by atoms with Crippen LogP contribution in [0.1, 0.15) is 49.1 Å². The monoisotopic (exact) mass is 362 g/mol. The molecule has 1 aliphatic rings. The highest BCUT2D eigenvalue weighted by molar-refractivity contribution is 5.69. The van der Waals surface area contributed by atoms with E-state index in [9.17, 15) is 13.2 Å². The van der Waals surface area contributed by atoms with Gasteiger partial charge in [-0.15, -0.1) is 0 Å². The van der Waals surface area contributed by atoms with Gasteiger partial charge < -0.3 is 4.74 Å². The number of alkyl halides is 3. The smallest absolute Gasteiger partial charge is 0.385 e. The fourth-order valence-corrected chi connectivity index (χ4v) is 4.00. The Kier molecular flexibility index (Phi) is 6.02. The Morgan fingerprint density at radius 1 is 0.962 bits per heavy atom. The molecule has 1 fully saturated rings. The second-order valence-electron chi connectivity index (χ2n) is 7.16. The Morgan fingerprint density at radius 3 is 2.27 bits per heavy atom. The molecule has 140 valence electrons. The molecule has 0 aliphatic heterocycles. The van der Waals surface area contributed by atoms with Crippen molar-refractivity contribution in [3.8, 4) is 11.1 Å². The van der Waals surface area contributed by atoms with Gasteiger partial charge in [0.05, 0.1) is 5.56 Å². The molecule has 1 nitrogen and oxygen atoms in total. The maximum absolute atomic E-state index is 13.2. The first-order valence-corrected chi connectivity index (χ1v) is 9.24. The Labute approximate surface area is 153 Å². The molecule has 26 heavy (non-hydrogen) atoms. The summed E-state index contributed by atoms with van der Waals surface area (Å²) < 4.78 is 44.8. The van der Waals surface area contributed by atoms with E-state index in [1.54, 1.807) is 13.2 Å². The molecule has 0 spiro atoms. The van der Waals surface area contributed by atoms with E-state index in [-0.39, 0.29) is 0 Å². The number of benzene rings is 2.